The Hall–Kier alpha value is -2.66. The van der Waals surface area contributed by atoms with Gasteiger partial charge in [0, 0.05) is 6.92 Å². The minimum Gasteiger partial charge on any atom is -0.505 e. The highest BCUT2D eigenvalue weighted by Gasteiger charge is 2.23. The normalized spacial score (nSPS) is 11.7. The Bertz CT molecular complexity index is 667. The Kier molecular flexibility index (Phi) is 4.35. The highest BCUT2D eigenvalue weighted by atomic mass is 16.3. The van der Waals surface area contributed by atoms with Crippen LogP contribution < -0.4 is 5.32 Å². The molecule has 0 heterocycles. The van der Waals surface area contributed by atoms with E-state index in [0.717, 1.165) is 0 Å². The van der Waals surface area contributed by atoms with Crippen LogP contribution in [0.4, 0.5) is 5.69 Å². The Balaban J connectivity index is 2.33. The van der Waals surface area contributed by atoms with Crippen LogP contribution >= 0.6 is 0 Å². The number of aliphatic hydroxyl groups is 1. The summed E-state index contributed by atoms with van der Waals surface area (Å²) in [6.07, 6.45) is -1.37. The molecule has 2 rings (SSSR count). The molecule has 1 amide bonds. The van der Waals surface area contributed by atoms with Gasteiger partial charge in [-0.25, -0.2) is 0 Å². The molecule has 5 heteroatoms. The zero-order valence-electron chi connectivity index (χ0n) is 11.4. The van der Waals surface area contributed by atoms with Gasteiger partial charge in [0.2, 0.25) is 5.91 Å². The summed E-state index contributed by atoms with van der Waals surface area (Å²) in [7, 11) is 0. The maximum Gasteiger partial charge on any atom is 0.221 e. The predicted octanol–water partition coefficient (Wildman–Crippen LogP) is 2.27. The summed E-state index contributed by atoms with van der Waals surface area (Å²) in [6, 6.07) is 12.8. The summed E-state index contributed by atoms with van der Waals surface area (Å²) >= 11 is 0. The molecule has 0 aromatic heterocycles. The van der Waals surface area contributed by atoms with E-state index in [0.29, 0.717) is 5.56 Å². The number of aromatic hydroxyl groups is 1. The molecule has 0 radical (unpaired) electrons. The number of benzene rings is 2. The van der Waals surface area contributed by atoms with Gasteiger partial charge in [0.05, 0.1) is 11.3 Å². The SMILES string of the molecule is CC(=O)Nc1cccc(C(=O)C(O)c2ccccc2)c1O. The second kappa shape index (κ2) is 6.19. The van der Waals surface area contributed by atoms with E-state index in [1.807, 2.05) is 0 Å². The van der Waals surface area contributed by atoms with Crippen LogP contribution in [0.15, 0.2) is 48.5 Å². The monoisotopic (exact) mass is 285 g/mol. The average Bonchev–Trinajstić information content (AvgIpc) is 2.48. The fourth-order valence-electron chi connectivity index (χ4n) is 1.97. The van der Waals surface area contributed by atoms with Crippen LogP contribution in [0.1, 0.15) is 28.9 Å². The highest BCUT2D eigenvalue weighted by molar-refractivity contribution is 6.04. The molecule has 2 aromatic carbocycles. The largest absolute Gasteiger partial charge is 0.505 e. The standard InChI is InChI=1S/C16H15NO4/c1-10(18)17-13-9-5-8-12(15(13)20)16(21)14(19)11-6-3-2-4-7-11/h2-9,14,19-20H,1H3,(H,17,18). The van der Waals surface area contributed by atoms with Crippen molar-refractivity contribution in [2.45, 2.75) is 13.0 Å². The number of anilines is 1. The molecule has 0 saturated heterocycles. The number of rotatable bonds is 4. The molecule has 21 heavy (non-hydrogen) atoms. The number of hydrogen-bond donors (Lipinski definition) is 3. The van der Waals surface area contributed by atoms with E-state index in [1.165, 1.54) is 25.1 Å². The van der Waals surface area contributed by atoms with Crippen LogP contribution in [0.2, 0.25) is 0 Å². The van der Waals surface area contributed by atoms with E-state index in [1.54, 1.807) is 30.3 Å². The van der Waals surface area contributed by atoms with Gasteiger partial charge in [0.25, 0.3) is 0 Å². The molecule has 0 aliphatic carbocycles. The van der Waals surface area contributed by atoms with Crippen LogP contribution in [-0.4, -0.2) is 21.9 Å². The molecule has 0 bridgehead atoms. The number of aliphatic hydroxyl groups excluding tert-OH is 1. The minimum atomic E-state index is -1.37. The third-order valence-electron chi connectivity index (χ3n) is 2.98. The third-order valence-corrected chi connectivity index (χ3v) is 2.98. The lowest BCUT2D eigenvalue weighted by atomic mass is 9.99. The minimum absolute atomic E-state index is 0.0439. The molecule has 3 N–H and O–H groups in total. The molecule has 0 aliphatic heterocycles. The van der Waals surface area contributed by atoms with Crippen molar-refractivity contribution in [1.82, 2.24) is 0 Å². The van der Waals surface area contributed by atoms with E-state index in [2.05, 4.69) is 5.32 Å². The van der Waals surface area contributed by atoms with Crippen molar-refractivity contribution in [3.05, 3.63) is 59.7 Å². The Morgan fingerprint density at radius 1 is 1.05 bits per heavy atom. The molecule has 0 fully saturated rings. The molecule has 0 aliphatic rings. The van der Waals surface area contributed by atoms with Crippen LogP contribution in [0, 0.1) is 0 Å². The summed E-state index contributed by atoms with van der Waals surface area (Å²) in [5.74, 6) is -1.35. The number of carbonyl (C=O) groups excluding carboxylic acids is 2. The zero-order chi connectivity index (χ0) is 15.4. The number of amides is 1. The summed E-state index contributed by atoms with van der Waals surface area (Å²) in [5, 5.41) is 22.6. The van der Waals surface area contributed by atoms with Gasteiger partial charge in [-0.3, -0.25) is 9.59 Å². The first-order valence-corrected chi connectivity index (χ1v) is 6.37. The topological polar surface area (TPSA) is 86.6 Å². The average molecular weight is 285 g/mol. The first-order chi connectivity index (χ1) is 10.0. The molecule has 5 nitrogen and oxygen atoms in total. The Morgan fingerprint density at radius 3 is 2.33 bits per heavy atom. The molecule has 0 saturated carbocycles. The Morgan fingerprint density at radius 2 is 1.71 bits per heavy atom. The smallest absolute Gasteiger partial charge is 0.221 e. The van der Waals surface area contributed by atoms with Crippen LogP contribution in [0.3, 0.4) is 0 Å². The van der Waals surface area contributed by atoms with Gasteiger partial charge in [-0.05, 0) is 17.7 Å². The molecular weight excluding hydrogens is 270 g/mol. The quantitative estimate of drug-likeness (QED) is 0.594. The van der Waals surface area contributed by atoms with Crippen LogP contribution in [0.25, 0.3) is 0 Å². The second-order valence-corrected chi connectivity index (χ2v) is 4.56. The summed E-state index contributed by atoms with van der Waals surface area (Å²) in [6.45, 7) is 1.30. The number of phenolic OH excluding ortho intramolecular Hbond substituents is 1. The first kappa shape index (κ1) is 14.7. The Labute approximate surface area is 121 Å². The van der Waals surface area contributed by atoms with Gasteiger partial charge in [-0.15, -0.1) is 0 Å². The predicted molar refractivity (Wildman–Crippen MR) is 78.1 cm³/mol. The van der Waals surface area contributed by atoms with E-state index in [4.69, 9.17) is 0 Å². The van der Waals surface area contributed by atoms with Crippen molar-refractivity contribution in [3.63, 3.8) is 0 Å². The number of para-hydroxylation sites is 1. The van der Waals surface area contributed by atoms with Gasteiger partial charge in [-0.1, -0.05) is 36.4 Å². The maximum atomic E-state index is 12.3. The van der Waals surface area contributed by atoms with Crippen molar-refractivity contribution < 1.29 is 19.8 Å². The van der Waals surface area contributed by atoms with Gasteiger partial charge in [-0.2, -0.15) is 0 Å². The van der Waals surface area contributed by atoms with Crippen LogP contribution in [0.5, 0.6) is 5.75 Å². The summed E-state index contributed by atoms with van der Waals surface area (Å²) in [4.78, 5) is 23.3. The number of hydrogen-bond acceptors (Lipinski definition) is 4. The van der Waals surface area contributed by atoms with Gasteiger partial charge >= 0.3 is 0 Å². The van der Waals surface area contributed by atoms with E-state index >= 15 is 0 Å². The lowest BCUT2D eigenvalue weighted by Gasteiger charge is -2.13. The van der Waals surface area contributed by atoms with Crippen molar-refractivity contribution in [2.75, 3.05) is 5.32 Å². The van der Waals surface area contributed by atoms with E-state index in [-0.39, 0.29) is 22.9 Å². The lowest BCUT2D eigenvalue weighted by Crippen LogP contribution is -2.13. The van der Waals surface area contributed by atoms with Gasteiger partial charge in [0.15, 0.2) is 5.78 Å². The van der Waals surface area contributed by atoms with Gasteiger partial charge < -0.3 is 15.5 Å². The number of carbonyl (C=O) groups is 2. The number of Topliss-reactive ketones (excluding diaryl/α,β-unsaturated/α-hetero) is 1. The van der Waals surface area contributed by atoms with Crippen molar-refractivity contribution in [3.8, 4) is 5.75 Å². The number of phenols is 1. The molecule has 108 valence electrons. The van der Waals surface area contributed by atoms with Crippen LogP contribution in [-0.2, 0) is 4.79 Å². The number of ketones is 1. The molecule has 1 atom stereocenters. The zero-order valence-corrected chi connectivity index (χ0v) is 11.4. The molecule has 1 unspecified atom stereocenters. The second-order valence-electron chi connectivity index (χ2n) is 4.56. The molecular formula is C16H15NO4. The first-order valence-electron chi connectivity index (χ1n) is 6.37. The summed E-state index contributed by atoms with van der Waals surface area (Å²) < 4.78 is 0. The fourth-order valence-corrected chi connectivity index (χ4v) is 1.97. The summed E-state index contributed by atoms with van der Waals surface area (Å²) in [5.41, 5.74) is 0.526. The lowest BCUT2D eigenvalue weighted by molar-refractivity contribution is -0.114. The molecule has 0 spiro atoms. The third kappa shape index (κ3) is 3.27. The van der Waals surface area contributed by atoms with Gasteiger partial charge in [0.1, 0.15) is 11.9 Å². The molecule has 2 aromatic rings. The van der Waals surface area contributed by atoms with Crippen molar-refractivity contribution in [2.24, 2.45) is 0 Å². The highest BCUT2D eigenvalue weighted by Crippen LogP contribution is 2.30. The maximum absolute atomic E-state index is 12.3. The van der Waals surface area contributed by atoms with Crippen molar-refractivity contribution >= 4 is 17.4 Å². The van der Waals surface area contributed by atoms with E-state index < -0.39 is 11.9 Å². The fraction of sp³-hybridized carbons (Fsp3) is 0.125. The van der Waals surface area contributed by atoms with Crippen molar-refractivity contribution in [1.29, 1.82) is 0 Å². The van der Waals surface area contributed by atoms with E-state index in [9.17, 15) is 19.8 Å². The number of nitrogens with one attached hydrogen (secondary N) is 1.